The highest BCUT2D eigenvalue weighted by atomic mass is 35.5. The van der Waals surface area contributed by atoms with E-state index < -0.39 is 0 Å². The number of rotatable bonds is 7. The van der Waals surface area contributed by atoms with Gasteiger partial charge in [-0.1, -0.05) is 0 Å². The van der Waals surface area contributed by atoms with E-state index in [1.165, 1.54) is 0 Å². The highest BCUT2D eigenvalue weighted by Crippen LogP contribution is 2.34. The molecule has 0 amide bonds. The van der Waals surface area contributed by atoms with Crippen LogP contribution < -0.4 is 14.4 Å². The normalized spacial score (nSPS) is 10.3. The fourth-order valence-corrected chi connectivity index (χ4v) is 2.28. The SMILES string of the molecule is COc1cc(C)c(N(CCCl)CCCl)cc1OC. The maximum Gasteiger partial charge on any atom is 0.162 e. The first-order chi connectivity index (χ1) is 8.67. The van der Waals surface area contributed by atoms with Gasteiger partial charge in [0.25, 0.3) is 0 Å². The summed E-state index contributed by atoms with van der Waals surface area (Å²) in [4.78, 5) is 2.15. The van der Waals surface area contributed by atoms with Gasteiger partial charge in [-0.2, -0.15) is 0 Å². The Balaban J connectivity index is 3.12. The molecule has 0 aromatic heterocycles. The van der Waals surface area contributed by atoms with Gasteiger partial charge in [-0.05, 0) is 18.6 Å². The fourth-order valence-electron chi connectivity index (χ4n) is 1.87. The van der Waals surface area contributed by atoms with Crippen LogP contribution in [-0.2, 0) is 0 Å². The van der Waals surface area contributed by atoms with E-state index >= 15 is 0 Å². The summed E-state index contributed by atoms with van der Waals surface area (Å²) in [5, 5.41) is 0. The van der Waals surface area contributed by atoms with E-state index in [-0.39, 0.29) is 0 Å². The van der Waals surface area contributed by atoms with Crippen molar-refractivity contribution in [1.29, 1.82) is 0 Å². The molecule has 0 saturated heterocycles. The van der Waals surface area contributed by atoms with Gasteiger partial charge in [-0.3, -0.25) is 0 Å². The van der Waals surface area contributed by atoms with Crippen molar-refractivity contribution in [2.45, 2.75) is 6.92 Å². The molecule has 0 radical (unpaired) electrons. The van der Waals surface area contributed by atoms with Crippen LogP contribution in [0.5, 0.6) is 11.5 Å². The van der Waals surface area contributed by atoms with Crippen LogP contribution in [0.25, 0.3) is 0 Å². The second-order valence-electron chi connectivity index (χ2n) is 3.86. The van der Waals surface area contributed by atoms with Gasteiger partial charge in [0, 0.05) is 36.6 Å². The summed E-state index contributed by atoms with van der Waals surface area (Å²) >= 11 is 11.7. The lowest BCUT2D eigenvalue weighted by Gasteiger charge is -2.25. The minimum atomic E-state index is 0.560. The Morgan fingerprint density at radius 1 is 1.00 bits per heavy atom. The highest BCUT2D eigenvalue weighted by Gasteiger charge is 2.13. The number of benzene rings is 1. The Morgan fingerprint density at radius 2 is 1.50 bits per heavy atom. The summed E-state index contributed by atoms with van der Waals surface area (Å²) in [5.74, 6) is 2.57. The molecule has 0 heterocycles. The lowest BCUT2D eigenvalue weighted by atomic mass is 10.1. The molecule has 18 heavy (non-hydrogen) atoms. The summed E-state index contributed by atoms with van der Waals surface area (Å²) < 4.78 is 10.6. The van der Waals surface area contributed by atoms with Gasteiger partial charge in [0.05, 0.1) is 14.2 Å². The monoisotopic (exact) mass is 291 g/mol. The minimum Gasteiger partial charge on any atom is -0.493 e. The van der Waals surface area contributed by atoms with Crippen LogP contribution in [0.1, 0.15) is 5.56 Å². The Hall–Kier alpha value is -0.800. The molecule has 0 fully saturated rings. The summed E-state index contributed by atoms with van der Waals surface area (Å²) in [7, 11) is 3.26. The standard InChI is InChI=1S/C13H19Cl2NO2/c1-10-8-12(17-2)13(18-3)9-11(10)16(6-4-14)7-5-15/h8-9H,4-7H2,1-3H3. The highest BCUT2D eigenvalue weighted by molar-refractivity contribution is 6.18. The molecule has 0 spiro atoms. The molecule has 0 unspecified atom stereocenters. The van der Waals surface area contributed by atoms with E-state index in [4.69, 9.17) is 32.7 Å². The van der Waals surface area contributed by atoms with E-state index in [1.54, 1.807) is 14.2 Å². The van der Waals surface area contributed by atoms with Crippen LogP contribution in [-0.4, -0.2) is 39.1 Å². The smallest absolute Gasteiger partial charge is 0.162 e. The van der Waals surface area contributed by atoms with Crippen LogP contribution in [0, 0.1) is 6.92 Å². The molecule has 5 heteroatoms. The summed E-state index contributed by atoms with van der Waals surface area (Å²) in [6.07, 6.45) is 0. The predicted molar refractivity (Wildman–Crippen MR) is 77.9 cm³/mol. The van der Waals surface area contributed by atoms with Gasteiger partial charge in [-0.15, -0.1) is 23.2 Å². The van der Waals surface area contributed by atoms with Crippen molar-refractivity contribution >= 4 is 28.9 Å². The van der Waals surface area contributed by atoms with Gasteiger partial charge in [-0.25, -0.2) is 0 Å². The van der Waals surface area contributed by atoms with Crippen molar-refractivity contribution in [2.75, 3.05) is 44.0 Å². The summed E-state index contributed by atoms with van der Waals surface area (Å²) in [5.41, 5.74) is 2.19. The third-order valence-corrected chi connectivity index (χ3v) is 3.09. The van der Waals surface area contributed by atoms with Crippen LogP contribution in [0.15, 0.2) is 12.1 Å². The molecule has 0 bridgehead atoms. The van der Waals surface area contributed by atoms with Gasteiger partial charge in [0.2, 0.25) is 0 Å². The first kappa shape index (κ1) is 15.3. The fraction of sp³-hybridized carbons (Fsp3) is 0.538. The average molecular weight is 292 g/mol. The number of hydrogen-bond donors (Lipinski definition) is 0. The van der Waals surface area contributed by atoms with Crippen molar-refractivity contribution in [3.05, 3.63) is 17.7 Å². The van der Waals surface area contributed by atoms with Crippen molar-refractivity contribution in [3.8, 4) is 11.5 Å². The first-order valence-corrected chi connectivity index (χ1v) is 6.84. The topological polar surface area (TPSA) is 21.7 Å². The van der Waals surface area contributed by atoms with Crippen LogP contribution >= 0.6 is 23.2 Å². The average Bonchev–Trinajstić information content (AvgIpc) is 2.38. The second-order valence-corrected chi connectivity index (χ2v) is 4.61. The number of halogens is 2. The van der Waals surface area contributed by atoms with E-state index in [0.717, 1.165) is 30.1 Å². The largest absolute Gasteiger partial charge is 0.493 e. The number of alkyl halides is 2. The molecule has 0 aliphatic carbocycles. The zero-order valence-electron chi connectivity index (χ0n) is 11.0. The summed E-state index contributed by atoms with van der Waals surface area (Å²) in [6.45, 7) is 3.54. The minimum absolute atomic E-state index is 0.560. The lowest BCUT2D eigenvalue weighted by Crippen LogP contribution is -2.28. The van der Waals surface area contributed by atoms with Gasteiger partial charge < -0.3 is 14.4 Å². The molecule has 1 aromatic rings. The Bertz CT molecular complexity index is 379. The Labute approximate surface area is 119 Å². The van der Waals surface area contributed by atoms with Crippen molar-refractivity contribution in [3.63, 3.8) is 0 Å². The quantitative estimate of drug-likeness (QED) is 0.720. The lowest BCUT2D eigenvalue weighted by molar-refractivity contribution is 0.354. The Kier molecular flexibility index (Phi) is 6.44. The molecule has 0 atom stereocenters. The number of hydrogen-bond acceptors (Lipinski definition) is 3. The zero-order chi connectivity index (χ0) is 13.5. The molecule has 0 aliphatic rings. The molecule has 102 valence electrons. The molecule has 1 rings (SSSR count). The number of methoxy groups -OCH3 is 2. The third-order valence-electron chi connectivity index (χ3n) is 2.75. The molecule has 0 N–H and O–H groups in total. The van der Waals surface area contributed by atoms with Crippen molar-refractivity contribution in [1.82, 2.24) is 0 Å². The van der Waals surface area contributed by atoms with Gasteiger partial charge in [0.15, 0.2) is 11.5 Å². The third kappa shape index (κ3) is 3.59. The van der Waals surface area contributed by atoms with E-state index in [0.29, 0.717) is 17.5 Å². The van der Waals surface area contributed by atoms with E-state index in [1.807, 2.05) is 19.1 Å². The van der Waals surface area contributed by atoms with Crippen molar-refractivity contribution < 1.29 is 9.47 Å². The molecule has 3 nitrogen and oxygen atoms in total. The molecule has 0 aliphatic heterocycles. The molecule has 1 aromatic carbocycles. The molecular weight excluding hydrogens is 273 g/mol. The number of ether oxygens (including phenoxy) is 2. The van der Waals surface area contributed by atoms with Crippen LogP contribution in [0.4, 0.5) is 5.69 Å². The number of anilines is 1. The van der Waals surface area contributed by atoms with Gasteiger partial charge in [0.1, 0.15) is 0 Å². The molecular formula is C13H19Cl2NO2. The zero-order valence-corrected chi connectivity index (χ0v) is 12.5. The maximum absolute atomic E-state index is 5.83. The second kappa shape index (κ2) is 7.59. The van der Waals surface area contributed by atoms with Crippen molar-refractivity contribution in [2.24, 2.45) is 0 Å². The van der Waals surface area contributed by atoms with E-state index in [2.05, 4.69) is 4.90 Å². The summed E-state index contributed by atoms with van der Waals surface area (Å²) in [6, 6.07) is 3.93. The Morgan fingerprint density at radius 3 is 1.94 bits per heavy atom. The van der Waals surface area contributed by atoms with Gasteiger partial charge >= 0.3 is 0 Å². The maximum atomic E-state index is 5.83. The van der Waals surface area contributed by atoms with Crippen LogP contribution in [0.2, 0.25) is 0 Å². The van der Waals surface area contributed by atoms with Crippen LogP contribution in [0.3, 0.4) is 0 Å². The number of aryl methyl sites for hydroxylation is 1. The predicted octanol–water partition coefficient (Wildman–Crippen LogP) is 3.30. The molecule has 0 saturated carbocycles. The first-order valence-electron chi connectivity index (χ1n) is 5.77. The number of nitrogens with zero attached hydrogens (tertiary/aromatic N) is 1. The van der Waals surface area contributed by atoms with E-state index in [9.17, 15) is 0 Å².